The molecule has 124 valence electrons. The molecule has 0 unspecified atom stereocenters. The summed E-state index contributed by atoms with van der Waals surface area (Å²) in [6.45, 7) is 4.15. The predicted octanol–water partition coefficient (Wildman–Crippen LogP) is 0.942. The first-order valence-corrected chi connectivity index (χ1v) is 11.1. The summed E-state index contributed by atoms with van der Waals surface area (Å²) in [7, 11) is -6.95. The van der Waals surface area contributed by atoms with Gasteiger partial charge in [-0.2, -0.15) is 4.31 Å². The van der Waals surface area contributed by atoms with Gasteiger partial charge in [0.1, 0.15) is 9.46 Å². The average Bonchev–Trinajstić information content (AvgIpc) is 2.78. The van der Waals surface area contributed by atoms with Gasteiger partial charge in [-0.25, -0.2) is 16.8 Å². The molecule has 2 aliphatic rings. The number of sulfone groups is 1. The number of sulfonamides is 1. The molecule has 0 spiro atoms. The summed E-state index contributed by atoms with van der Waals surface area (Å²) in [6.07, 6.45) is 0.423. The van der Waals surface area contributed by atoms with Crippen molar-refractivity contribution in [2.45, 2.75) is 35.8 Å². The molecule has 3 heterocycles. The van der Waals surface area contributed by atoms with Crippen molar-refractivity contribution in [3.8, 4) is 0 Å². The molecule has 1 aromatic rings. The molecule has 0 N–H and O–H groups in total. The Bertz CT molecular complexity index is 781. The van der Waals surface area contributed by atoms with Crippen LogP contribution in [0, 0.1) is 13.8 Å². The molecular weight excluding hydrogens is 346 g/mol. The third-order valence-electron chi connectivity index (χ3n) is 4.24. The van der Waals surface area contributed by atoms with Gasteiger partial charge in [0.25, 0.3) is 10.0 Å². The Labute approximate surface area is 135 Å². The maximum atomic E-state index is 13.0. The van der Waals surface area contributed by atoms with Crippen molar-refractivity contribution in [1.82, 2.24) is 4.31 Å². The van der Waals surface area contributed by atoms with Crippen LogP contribution < -0.4 is 0 Å². The second-order valence-corrected chi connectivity index (χ2v) is 11.5. The zero-order valence-corrected chi connectivity index (χ0v) is 14.9. The summed E-state index contributed by atoms with van der Waals surface area (Å²) in [5.74, 6) is -0.139. The number of nitrogens with zero attached hydrogens (tertiary/aromatic N) is 1. The van der Waals surface area contributed by atoms with E-state index in [0.29, 0.717) is 17.2 Å². The lowest BCUT2D eigenvalue weighted by Gasteiger charge is -2.42. The van der Waals surface area contributed by atoms with Crippen LogP contribution in [0.25, 0.3) is 0 Å². The Morgan fingerprint density at radius 1 is 1.36 bits per heavy atom. The molecule has 1 aromatic heterocycles. The van der Waals surface area contributed by atoms with E-state index in [1.807, 2.05) is 13.0 Å². The van der Waals surface area contributed by atoms with Gasteiger partial charge >= 0.3 is 0 Å². The van der Waals surface area contributed by atoms with Crippen LogP contribution in [0.4, 0.5) is 0 Å². The van der Waals surface area contributed by atoms with Gasteiger partial charge in [0, 0.05) is 24.1 Å². The van der Waals surface area contributed by atoms with E-state index in [4.69, 9.17) is 4.74 Å². The van der Waals surface area contributed by atoms with Gasteiger partial charge in [-0.1, -0.05) is 0 Å². The zero-order valence-electron chi connectivity index (χ0n) is 12.5. The van der Waals surface area contributed by atoms with Crippen LogP contribution in [-0.4, -0.2) is 57.9 Å². The molecule has 22 heavy (non-hydrogen) atoms. The van der Waals surface area contributed by atoms with Gasteiger partial charge in [0.15, 0.2) is 9.84 Å². The van der Waals surface area contributed by atoms with E-state index in [0.717, 1.165) is 10.4 Å². The number of ether oxygens (including phenoxy) is 1. The van der Waals surface area contributed by atoms with Gasteiger partial charge in [0.05, 0.1) is 12.4 Å². The number of rotatable bonds is 2. The van der Waals surface area contributed by atoms with Crippen LogP contribution >= 0.6 is 11.3 Å². The highest BCUT2D eigenvalue weighted by Gasteiger charge is 2.48. The van der Waals surface area contributed by atoms with Crippen molar-refractivity contribution >= 4 is 31.2 Å². The Morgan fingerprint density at radius 2 is 2.09 bits per heavy atom. The van der Waals surface area contributed by atoms with Crippen LogP contribution in [0.2, 0.25) is 0 Å². The molecule has 0 bridgehead atoms. The van der Waals surface area contributed by atoms with Crippen LogP contribution in [-0.2, 0) is 24.6 Å². The largest absolute Gasteiger partial charge is 0.380 e. The van der Waals surface area contributed by atoms with Crippen LogP contribution in [0.3, 0.4) is 0 Å². The fourth-order valence-electron chi connectivity index (χ4n) is 3.19. The van der Waals surface area contributed by atoms with E-state index in [1.165, 1.54) is 15.6 Å². The maximum absolute atomic E-state index is 13.0. The molecular formula is C13H19NO5S3. The Morgan fingerprint density at radius 3 is 2.73 bits per heavy atom. The third-order valence-corrected chi connectivity index (χ3v) is 10.0. The highest BCUT2D eigenvalue weighted by Crippen LogP contribution is 2.34. The van der Waals surface area contributed by atoms with E-state index < -0.39 is 31.2 Å². The lowest BCUT2D eigenvalue weighted by atomic mass is 10.1. The Hall–Kier alpha value is -0.480. The minimum Gasteiger partial charge on any atom is -0.380 e. The van der Waals surface area contributed by atoms with Crippen molar-refractivity contribution in [3.63, 3.8) is 0 Å². The molecule has 0 aliphatic carbocycles. The van der Waals surface area contributed by atoms with Crippen LogP contribution in [0.1, 0.15) is 16.9 Å². The van der Waals surface area contributed by atoms with E-state index in [-0.39, 0.29) is 18.9 Å². The van der Waals surface area contributed by atoms with Gasteiger partial charge in [-0.15, -0.1) is 11.3 Å². The summed E-state index contributed by atoms with van der Waals surface area (Å²) < 4.78 is 57.4. The number of fused-ring (bicyclic) bond motifs is 1. The molecule has 2 fully saturated rings. The standard InChI is InChI=1S/C13H19NO5S3/c1-9-7-10(2)20-13(9)22(17,18)14-4-6-21(15,16)12-8-19-5-3-11(12)14/h7,11-12H,3-6,8H2,1-2H3/t11-,12-/m0/s1. The molecule has 0 aromatic carbocycles. The van der Waals surface area contributed by atoms with Crippen LogP contribution in [0.15, 0.2) is 10.3 Å². The molecule has 2 atom stereocenters. The van der Waals surface area contributed by atoms with Crippen molar-refractivity contribution in [2.75, 3.05) is 25.5 Å². The SMILES string of the molecule is Cc1cc(C)c(S(=O)(=O)N2CCS(=O)(=O)[C@H]3COCC[C@@H]32)s1. The fourth-order valence-corrected chi connectivity index (χ4v) is 8.67. The van der Waals surface area contributed by atoms with Crippen molar-refractivity contribution < 1.29 is 21.6 Å². The zero-order chi connectivity index (χ0) is 16.1. The van der Waals surface area contributed by atoms with Crippen molar-refractivity contribution in [1.29, 1.82) is 0 Å². The molecule has 9 heteroatoms. The van der Waals surface area contributed by atoms with Gasteiger partial charge in [-0.05, 0) is 31.9 Å². The van der Waals surface area contributed by atoms with Gasteiger partial charge < -0.3 is 4.74 Å². The number of thiophene rings is 1. The normalized spacial score (nSPS) is 29.2. The first kappa shape index (κ1) is 16.4. The lowest BCUT2D eigenvalue weighted by molar-refractivity contribution is 0.0590. The highest BCUT2D eigenvalue weighted by atomic mass is 32.2. The van der Waals surface area contributed by atoms with Crippen molar-refractivity contribution in [3.05, 3.63) is 16.5 Å². The van der Waals surface area contributed by atoms with Gasteiger partial charge in [-0.3, -0.25) is 0 Å². The lowest BCUT2D eigenvalue weighted by Crippen LogP contribution is -2.59. The average molecular weight is 365 g/mol. The second kappa shape index (κ2) is 5.55. The Balaban J connectivity index is 2.02. The summed E-state index contributed by atoms with van der Waals surface area (Å²) in [4.78, 5) is 0.934. The summed E-state index contributed by atoms with van der Waals surface area (Å²) in [5, 5.41) is -0.744. The molecule has 3 rings (SSSR count). The molecule has 0 radical (unpaired) electrons. The van der Waals surface area contributed by atoms with E-state index >= 15 is 0 Å². The summed E-state index contributed by atoms with van der Waals surface area (Å²) >= 11 is 1.24. The minimum absolute atomic E-state index is 0.0300. The molecule has 0 amide bonds. The van der Waals surface area contributed by atoms with Crippen molar-refractivity contribution in [2.24, 2.45) is 0 Å². The first-order chi connectivity index (χ1) is 10.2. The van der Waals surface area contributed by atoms with E-state index in [9.17, 15) is 16.8 Å². The molecule has 2 aliphatic heterocycles. The fraction of sp³-hybridized carbons (Fsp3) is 0.692. The first-order valence-electron chi connectivity index (χ1n) is 7.11. The number of hydrogen-bond donors (Lipinski definition) is 0. The maximum Gasteiger partial charge on any atom is 0.253 e. The highest BCUT2D eigenvalue weighted by molar-refractivity contribution is 7.93. The minimum atomic E-state index is -3.66. The molecule has 0 saturated carbocycles. The summed E-state index contributed by atoms with van der Waals surface area (Å²) in [6, 6.07) is 1.33. The second-order valence-electron chi connectivity index (χ2n) is 5.78. The predicted molar refractivity (Wildman–Crippen MR) is 84.5 cm³/mol. The molecule has 2 saturated heterocycles. The summed E-state index contributed by atoms with van der Waals surface area (Å²) in [5.41, 5.74) is 0.722. The molecule has 6 nitrogen and oxygen atoms in total. The topological polar surface area (TPSA) is 80.8 Å². The Kier molecular flexibility index (Phi) is 4.14. The van der Waals surface area contributed by atoms with E-state index in [1.54, 1.807) is 6.92 Å². The third kappa shape index (κ3) is 2.62. The smallest absolute Gasteiger partial charge is 0.253 e. The quantitative estimate of drug-likeness (QED) is 0.779. The van der Waals surface area contributed by atoms with Crippen LogP contribution in [0.5, 0.6) is 0 Å². The monoisotopic (exact) mass is 365 g/mol. The van der Waals surface area contributed by atoms with E-state index in [2.05, 4.69) is 0 Å². The number of aryl methyl sites for hydroxylation is 2. The number of hydrogen-bond acceptors (Lipinski definition) is 6. The van der Waals surface area contributed by atoms with Gasteiger partial charge in [0.2, 0.25) is 0 Å².